The van der Waals surface area contributed by atoms with Gasteiger partial charge in [-0.25, -0.2) is 0 Å². The number of amides is 1. The van der Waals surface area contributed by atoms with Crippen LogP contribution in [0.2, 0.25) is 0 Å². The highest BCUT2D eigenvalue weighted by atomic mass is 16.5. The fourth-order valence-corrected chi connectivity index (χ4v) is 2.27. The largest absolute Gasteiger partial charge is 0.457 e. The van der Waals surface area contributed by atoms with Crippen LogP contribution in [0.5, 0.6) is 11.5 Å². The van der Waals surface area contributed by atoms with Crippen molar-refractivity contribution < 1.29 is 9.53 Å². The molecule has 1 aromatic carbocycles. The SMILES string of the molecule is Cc1[nH]c(-c2ccccc2Oc2ccncc2)cc1C(N)=O. The number of hydrogen-bond acceptors (Lipinski definition) is 3. The fourth-order valence-electron chi connectivity index (χ4n) is 2.27. The van der Waals surface area contributed by atoms with Crippen LogP contribution in [-0.4, -0.2) is 15.9 Å². The second kappa shape index (κ2) is 5.73. The summed E-state index contributed by atoms with van der Waals surface area (Å²) >= 11 is 0. The minimum atomic E-state index is -0.451. The lowest BCUT2D eigenvalue weighted by Gasteiger charge is -2.09. The lowest BCUT2D eigenvalue weighted by atomic mass is 10.1. The molecule has 0 atom stereocenters. The lowest BCUT2D eigenvalue weighted by molar-refractivity contribution is 0.1000. The van der Waals surface area contributed by atoms with Gasteiger partial charge in [0.15, 0.2) is 0 Å². The predicted octanol–water partition coefficient (Wildman–Crippen LogP) is 3.28. The average molecular weight is 293 g/mol. The van der Waals surface area contributed by atoms with E-state index < -0.39 is 5.91 Å². The average Bonchev–Trinajstić information content (AvgIpc) is 2.91. The number of rotatable bonds is 4. The Balaban J connectivity index is 2.01. The van der Waals surface area contributed by atoms with Crippen molar-refractivity contribution >= 4 is 5.91 Å². The number of aromatic nitrogens is 2. The van der Waals surface area contributed by atoms with E-state index >= 15 is 0 Å². The van der Waals surface area contributed by atoms with Crippen molar-refractivity contribution in [2.24, 2.45) is 5.73 Å². The molecule has 3 rings (SSSR count). The van der Waals surface area contributed by atoms with Gasteiger partial charge in [0.2, 0.25) is 0 Å². The highest BCUT2D eigenvalue weighted by molar-refractivity contribution is 5.95. The van der Waals surface area contributed by atoms with E-state index in [2.05, 4.69) is 9.97 Å². The number of nitrogens with one attached hydrogen (secondary N) is 1. The minimum Gasteiger partial charge on any atom is -0.457 e. The summed E-state index contributed by atoms with van der Waals surface area (Å²) in [7, 11) is 0. The Kier molecular flexibility index (Phi) is 3.62. The first-order valence-electron chi connectivity index (χ1n) is 6.82. The van der Waals surface area contributed by atoms with E-state index in [1.165, 1.54) is 0 Å². The Morgan fingerprint density at radius 1 is 1.18 bits per heavy atom. The number of carbonyl (C=O) groups excluding carboxylic acids is 1. The van der Waals surface area contributed by atoms with E-state index in [1.807, 2.05) is 31.2 Å². The fraction of sp³-hybridized carbons (Fsp3) is 0.0588. The number of aryl methyl sites for hydroxylation is 1. The molecule has 2 aromatic heterocycles. The maximum absolute atomic E-state index is 11.4. The minimum absolute atomic E-state index is 0.451. The standard InChI is InChI=1S/C17H15N3O2/c1-11-14(17(18)21)10-15(20-11)13-4-2-3-5-16(13)22-12-6-8-19-9-7-12/h2-10,20H,1H3,(H2,18,21). The Morgan fingerprint density at radius 2 is 1.91 bits per heavy atom. The van der Waals surface area contributed by atoms with E-state index in [-0.39, 0.29) is 0 Å². The number of carbonyl (C=O) groups is 1. The number of benzene rings is 1. The maximum atomic E-state index is 11.4. The van der Waals surface area contributed by atoms with Crippen molar-refractivity contribution in [3.8, 4) is 22.8 Å². The van der Waals surface area contributed by atoms with Gasteiger partial charge in [-0.15, -0.1) is 0 Å². The number of H-pyrrole nitrogens is 1. The summed E-state index contributed by atoms with van der Waals surface area (Å²) in [5.41, 5.74) is 8.23. The third kappa shape index (κ3) is 2.69. The van der Waals surface area contributed by atoms with Gasteiger partial charge in [0.1, 0.15) is 11.5 Å². The summed E-state index contributed by atoms with van der Waals surface area (Å²) in [6.07, 6.45) is 3.34. The number of aromatic amines is 1. The van der Waals surface area contributed by atoms with Crippen LogP contribution in [0, 0.1) is 6.92 Å². The number of nitrogens with two attached hydrogens (primary N) is 1. The first-order valence-corrected chi connectivity index (χ1v) is 6.82. The van der Waals surface area contributed by atoms with Crippen LogP contribution in [0.25, 0.3) is 11.3 Å². The molecule has 1 amide bonds. The second-order valence-electron chi connectivity index (χ2n) is 4.87. The third-order valence-corrected chi connectivity index (χ3v) is 3.34. The molecule has 0 radical (unpaired) electrons. The summed E-state index contributed by atoms with van der Waals surface area (Å²) in [6, 6.07) is 12.9. The highest BCUT2D eigenvalue weighted by Gasteiger charge is 2.14. The number of primary amides is 1. The van der Waals surface area contributed by atoms with E-state index in [1.54, 1.807) is 30.6 Å². The Bertz CT molecular complexity index is 810. The molecular formula is C17H15N3O2. The topological polar surface area (TPSA) is 81.0 Å². The Labute approximate surface area is 127 Å². The summed E-state index contributed by atoms with van der Waals surface area (Å²) in [5.74, 6) is 0.930. The lowest BCUT2D eigenvalue weighted by Crippen LogP contribution is -2.10. The van der Waals surface area contributed by atoms with Crippen molar-refractivity contribution in [2.45, 2.75) is 6.92 Å². The molecule has 0 bridgehead atoms. The molecule has 0 unspecified atom stereocenters. The molecule has 0 saturated carbocycles. The van der Waals surface area contributed by atoms with E-state index in [9.17, 15) is 4.79 Å². The van der Waals surface area contributed by atoms with Gasteiger partial charge >= 0.3 is 0 Å². The van der Waals surface area contributed by atoms with Gasteiger partial charge in [-0.05, 0) is 37.3 Å². The first kappa shape index (κ1) is 13.9. The molecule has 3 N–H and O–H groups in total. The molecule has 0 aliphatic rings. The summed E-state index contributed by atoms with van der Waals surface area (Å²) < 4.78 is 5.90. The number of pyridine rings is 1. The van der Waals surface area contributed by atoms with Crippen LogP contribution < -0.4 is 10.5 Å². The molecule has 0 saturated heterocycles. The molecule has 0 aliphatic heterocycles. The van der Waals surface area contributed by atoms with Crippen molar-refractivity contribution in [1.82, 2.24) is 9.97 Å². The van der Waals surface area contributed by atoms with E-state index in [0.29, 0.717) is 17.1 Å². The molecule has 110 valence electrons. The number of nitrogens with zero attached hydrogens (tertiary/aromatic N) is 1. The normalized spacial score (nSPS) is 10.4. The molecular weight excluding hydrogens is 278 g/mol. The Morgan fingerprint density at radius 3 is 2.59 bits per heavy atom. The van der Waals surface area contributed by atoms with Crippen molar-refractivity contribution in [1.29, 1.82) is 0 Å². The molecule has 2 heterocycles. The summed E-state index contributed by atoms with van der Waals surface area (Å²) in [4.78, 5) is 18.5. The van der Waals surface area contributed by atoms with Crippen LogP contribution in [0.3, 0.4) is 0 Å². The molecule has 22 heavy (non-hydrogen) atoms. The van der Waals surface area contributed by atoms with Crippen molar-refractivity contribution in [3.05, 3.63) is 66.1 Å². The zero-order valence-corrected chi connectivity index (χ0v) is 12.0. The number of para-hydroxylation sites is 1. The maximum Gasteiger partial charge on any atom is 0.250 e. The van der Waals surface area contributed by atoms with Gasteiger partial charge in [-0.1, -0.05) is 12.1 Å². The van der Waals surface area contributed by atoms with Crippen molar-refractivity contribution in [3.63, 3.8) is 0 Å². The van der Waals surface area contributed by atoms with Gasteiger partial charge < -0.3 is 15.5 Å². The zero-order valence-electron chi connectivity index (χ0n) is 12.0. The smallest absolute Gasteiger partial charge is 0.250 e. The van der Waals surface area contributed by atoms with Gasteiger partial charge in [0.25, 0.3) is 5.91 Å². The second-order valence-corrected chi connectivity index (χ2v) is 4.87. The zero-order chi connectivity index (χ0) is 15.5. The quantitative estimate of drug-likeness (QED) is 0.774. The molecule has 5 heteroatoms. The number of hydrogen-bond donors (Lipinski definition) is 2. The molecule has 0 fully saturated rings. The van der Waals surface area contributed by atoms with Crippen LogP contribution in [-0.2, 0) is 0 Å². The molecule has 0 spiro atoms. The predicted molar refractivity (Wildman–Crippen MR) is 83.8 cm³/mol. The van der Waals surface area contributed by atoms with Gasteiger partial charge in [0, 0.05) is 23.7 Å². The Hall–Kier alpha value is -3.08. The van der Waals surface area contributed by atoms with Crippen LogP contribution in [0.1, 0.15) is 16.1 Å². The van der Waals surface area contributed by atoms with Crippen LogP contribution in [0.4, 0.5) is 0 Å². The van der Waals surface area contributed by atoms with Crippen LogP contribution in [0.15, 0.2) is 54.9 Å². The van der Waals surface area contributed by atoms with Gasteiger partial charge in [-0.3, -0.25) is 9.78 Å². The van der Waals surface area contributed by atoms with E-state index in [4.69, 9.17) is 10.5 Å². The summed E-state index contributed by atoms with van der Waals surface area (Å²) in [6.45, 7) is 1.82. The summed E-state index contributed by atoms with van der Waals surface area (Å²) in [5, 5.41) is 0. The van der Waals surface area contributed by atoms with Gasteiger partial charge in [0.05, 0.1) is 11.3 Å². The molecule has 0 aliphatic carbocycles. The molecule has 5 nitrogen and oxygen atoms in total. The first-order chi connectivity index (χ1) is 10.6. The monoisotopic (exact) mass is 293 g/mol. The van der Waals surface area contributed by atoms with Crippen LogP contribution >= 0.6 is 0 Å². The van der Waals surface area contributed by atoms with Gasteiger partial charge in [-0.2, -0.15) is 0 Å². The van der Waals surface area contributed by atoms with Crippen molar-refractivity contribution in [2.75, 3.05) is 0 Å². The number of ether oxygens (including phenoxy) is 1. The highest BCUT2D eigenvalue weighted by Crippen LogP contribution is 2.33. The third-order valence-electron chi connectivity index (χ3n) is 3.34. The molecule has 3 aromatic rings. The van der Waals surface area contributed by atoms with E-state index in [0.717, 1.165) is 17.0 Å².